The van der Waals surface area contributed by atoms with E-state index in [1.165, 1.54) is 32.1 Å². The summed E-state index contributed by atoms with van der Waals surface area (Å²) in [5.74, 6) is 0.760. The van der Waals surface area contributed by atoms with Crippen molar-refractivity contribution in [2.24, 2.45) is 5.92 Å². The lowest BCUT2D eigenvalue weighted by atomic mass is 9.73. The van der Waals surface area contributed by atoms with Crippen molar-refractivity contribution in [3.8, 4) is 0 Å². The summed E-state index contributed by atoms with van der Waals surface area (Å²) in [6, 6.07) is 0.386. The first-order valence-corrected chi connectivity index (χ1v) is 6.20. The molecule has 0 amide bonds. The molecule has 3 unspecified atom stereocenters. The molecule has 0 aromatic rings. The van der Waals surface area contributed by atoms with Gasteiger partial charge in [-0.15, -0.1) is 0 Å². The summed E-state index contributed by atoms with van der Waals surface area (Å²) in [6.07, 6.45) is 8.23. The summed E-state index contributed by atoms with van der Waals surface area (Å²) in [4.78, 5) is 0. The highest BCUT2D eigenvalue weighted by Crippen LogP contribution is 2.38. The average Bonchev–Trinajstić information content (AvgIpc) is 2.71. The third-order valence-electron chi connectivity index (χ3n) is 4.15. The van der Waals surface area contributed by atoms with Crippen molar-refractivity contribution < 1.29 is 5.11 Å². The van der Waals surface area contributed by atoms with Crippen molar-refractivity contribution in [1.29, 1.82) is 0 Å². The van der Waals surface area contributed by atoms with Crippen molar-refractivity contribution in [3.63, 3.8) is 0 Å². The van der Waals surface area contributed by atoms with Gasteiger partial charge in [0.1, 0.15) is 0 Å². The molecule has 2 N–H and O–H groups in total. The maximum absolute atomic E-state index is 10.6. The van der Waals surface area contributed by atoms with Crippen LogP contribution in [-0.4, -0.2) is 23.3 Å². The molecule has 1 saturated carbocycles. The van der Waals surface area contributed by atoms with E-state index in [2.05, 4.69) is 12.2 Å². The Morgan fingerprint density at radius 2 is 2.21 bits per heavy atom. The van der Waals surface area contributed by atoms with Crippen molar-refractivity contribution in [3.05, 3.63) is 0 Å². The second kappa shape index (κ2) is 4.19. The fourth-order valence-corrected chi connectivity index (χ4v) is 3.21. The van der Waals surface area contributed by atoms with Crippen LogP contribution in [0.1, 0.15) is 51.9 Å². The molecule has 82 valence electrons. The minimum atomic E-state index is -0.380. The van der Waals surface area contributed by atoms with E-state index in [0.717, 1.165) is 25.3 Å². The molecule has 0 aromatic carbocycles. The topological polar surface area (TPSA) is 32.3 Å². The van der Waals surface area contributed by atoms with Crippen LogP contribution in [0.15, 0.2) is 0 Å². The Balaban J connectivity index is 1.98. The molecule has 2 aliphatic rings. The number of nitrogens with one attached hydrogen (secondary N) is 1. The smallest absolute Gasteiger partial charge is 0.0802 e. The monoisotopic (exact) mass is 197 g/mol. The van der Waals surface area contributed by atoms with Gasteiger partial charge >= 0.3 is 0 Å². The van der Waals surface area contributed by atoms with Gasteiger partial charge in [0.25, 0.3) is 0 Å². The van der Waals surface area contributed by atoms with E-state index in [-0.39, 0.29) is 5.60 Å². The normalized spacial score (nSPS) is 44.1. The second-order valence-corrected chi connectivity index (χ2v) is 5.12. The van der Waals surface area contributed by atoms with Crippen molar-refractivity contribution in [2.75, 3.05) is 6.54 Å². The number of rotatable bonds is 2. The lowest BCUT2D eigenvalue weighted by Crippen LogP contribution is -2.50. The first kappa shape index (κ1) is 10.4. The third-order valence-corrected chi connectivity index (χ3v) is 4.15. The van der Waals surface area contributed by atoms with E-state index in [1.54, 1.807) is 0 Å². The maximum Gasteiger partial charge on any atom is 0.0802 e. The minimum Gasteiger partial charge on any atom is -0.388 e. The maximum atomic E-state index is 10.6. The van der Waals surface area contributed by atoms with Crippen molar-refractivity contribution >= 4 is 0 Å². The van der Waals surface area contributed by atoms with Gasteiger partial charge in [-0.3, -0.25) is 0 Å². The molecule has 0 aromatic heterocycles. The number of aliphatic hydroxyl groups is 1. The largest absolute Gasteiger partial charge is 0.388 e. The van der Waals surface area contributed by atoms with E-state index in [9.17, 15) is 5.11 Å². The van der Waals surface area contributed by atoms with E-state index < -0.39 is 0 Å². The Morgan fingerprint density at radius 1 is 1.36 bits per heavy atom. The Morgan fingerprint density at radius 3 is 2.86 bits per heavy atom. The molecule has 0 spiro atoms. The summed E-state index contributed by atoms with van der Waals surface area (Å²) in [5, 5.41) is 14.1. The van der Waals surface area contributed by atoms with Gasteiger partial charge in [-0.05, 0) is 38.1 Å². The van der Waals surface area contributed by atoms with E-state index in [4.69, 9.17) is 0 Å². The summed E-state index contributed by atoms with van der Waals surface area (Å²) in [6.45, 7) is 3.35. The molecular formula is C12H23NO. The van der Waals surface area contributed by atoms with E-state index in [0.29, 0.717) is 6.04 Å². The van der Waals surface area contributed by atoms with Gasteiger partial charge in [-0.25, -0.2) is 0 Å². The Hall–Kier alpha value is -0.0800. The highest BCUT2D eigenvalue weighted by molar-refractivity contribution is 4.97. The second-order valence-electron chi connectivity index (χ2n) is 5.12. The zero-order valence-corrected chi connectivity index (χ0v) is 9.26. The molecule has 2 heteroatoms. The molecule has 0 radical (unpaired) electrons. The van der Waals surface area contributed by atoms with E-state index in [1.807, 2.05) is 0 Å². The first-order valence-electron chi connectivity index (χ1n) is 6.20. The highest BCUT2D eigenvalue weighted by Gasteiger charge is 2.41. The molecule has 0 bridgehead atoms. The summed E-state index contributed by atoms with van der Waals surface area (Å²) >= 11 is 0. The fourth-order valence-electron chi connectivity index (χ4n) is 3.21. The highest BCUT2D eigenvalue weighted by atomic mass is 16.3. The molecule has 1 saturated heterocycles. The minimum absolute atomic E-state index is 0.380. The van der Waals surface area contributed by atoms with Crippen LogP contribution < -0.4 is 5.32 Å². The average molecular weight is 197 g/mol. The van der Waals surface area contributed by atoms with Gasteiger partial charge in [0.15, 0.2) is 0 Å². The first-order chi connectivity index (χ1) is 6.74. The number of hydrogen-bond donors (Lipinski definition) is 2. The summed E-state index contributed by atoms with van der Waals surface area (Å²) < 4.78 is 0. The van der Waals surface area contributed by atoms with Crippen LogP contribution in [0.5, 0.6) is 0 Å². The van der Waals surface area contributed by atoms with Crippen LogP contribution in [0.3, 0.4) is 0 Å². The zero-order chi connectivity index (χ0) is 10.0. The van der Waals surface area contributed by atoms with Crippen LogP contribution >= 0.6 is 0 Å². The van der Waals surface area contributed by atoms with Crippen LogP contribution in [0.25, 0.3) is 0 Å². The standard InChI is InChI=1S/C12H23NO/c1-2-10-5-3-7-12(14,9-10)11-6-4-8-13-11/h10-11,13-14H,2-9H2,1H3. The SMILES string of the molecule is CCC1CCCC(O)(C2CCCN2)C1. The van der Waals surface area contributed by atoms with Crippen LogP contribution in [0.2, 0.25) is 0 Å². The number of hydrogen-bond acceptors (Lipinski definition) is 2. The van der Waals surface area contributed by atoms with Crippen molar-refractivity contribution in [2.45, 2.75) is 63.5 Å². The fraction of sp³-hybridized carbons (Fsp3) is 1.00. The molecule has 3 atom stereocenters. The molecule has 2 fully saturated rings. The van der Waals surface area contributed by atoms with Crippen molar-refractivity contribution in [1.82, 2.24) is 5.32 Å². The molecule has 14 heavy (non-hydrogen) atoms. The summed E-state index contributed by atoms with van der Waals surface area (Å²) in [5.41, 5.74) is -0.380. The molecule has 2 rings (SSSR count). The predicted octanol–water partition coefficient (Wildman–Crippen LogP) is 2.07. The van der Waals surface area contributed by atoms with Crippen LogP contribution in [0.4, 0.5) is 0 Å². The molecule has 1 aliphatic heterocycles. The Labute approximate surface area is 87.1 Å². The van der Waals surface area contributed by atoms with Gasteiger partial charge in [0.2, 0.25) is 0 Å². The molecule has 1 aliphatic carbocycles. The lowest BCUT2D eigenvalue weighted by molar-refractivity contribution is -0.0430. The summed E-state index contributed by atoms with van der Waals surface area (Å²) in [7, 11) is 0. The molecule has 1 heterocycles. The van der Waals surface area contributed by atoms with Crippen LogP contribution in [0, 0.1) is 5.92 Å². The predicted molar refractivity (Wildman–Crippen MR) is 58.2 cm³/mol. The molecular weight excluding hydrogens is 174 g/mol. The van der Waals surface area contributed by atoms with Gasteiger partial charge in [0.05, 0.1) is 5.60 Å². The quantitative estimate of drug-likeness (QED) is 0.710. The van der Waals surface area contributed by atoms with Gasteiger partial charge in [0, 0.05) is 6.04 Å². The van der Waals surface area contributed by atoms with E-state index >= 15 is 0 Å². The Kier molecular flexibility index (Phi) is 3.13. The zero-order valence-electron chi connectivity index (χ0n) is 9.26. The van der Waals surface area contributed by atoms with Gasteiger partial charge < -0.3 is 10.4 Å². The van der Waals surface area contributed by atoms with Gasteiger partial charge in [-0.1, -0.05) is 26.2 Å². The molecule has 2 nitrogen and oxygen atoms in total. The van der Waals surface area contributed by atoms with Gasteiger partial charge in [-0.2, -0.15) is 0 Å². The third kappa shape index (κ3) is 1.96. The Bertz CT molecular complexity index is 189. The lowest BCUT2D eigenvalue weighted by Gasteiger charge is -2.41. The van der Waals surface area contributed by atoms with Crippen LogP contribution in [-0.2, 0) is 0 Å².